The molecule has 0 amide bonds. The van der Waals surface area contributed by atoms with Crippen LogP contribution in [0.1, 0.15) is 24.8 Å². The summed E-state index contributed by atoms with van der Waals surface area (Å²) in [5.74, 6) is 0.266. The van der Waals surface area contributed by atoms with Gasteiger partial charge < -0.3 is 9.64 Å². The van der Waals surface area contributed by atoms with Gasteiger partial charge in [-0.3, -0.25) is 0 Å². The summed E-state index contributed by atoms with van der Waals surface area (Å²) in [6, 6.07) is 2.29. The Kier molecular flexibility index (Phi) is 4.29. The molecule has 0 radical (unpaired) electrons. The molecule has 1 aromatic rings. The molecule has 19 heavy (non-hydrogen) atoms. The van der Waals surface area contributed by atoms with Crippen molar-refractivity contribution in [3.8, 4) is 5.88 Å². The van der Waals surface area contributed by atoms with Gasteiger partial charge in [0.05, 0.1) is 5.56 Å². The summed E-state index contributed by atoms with van der Waals surface area (Å²) in [4.78, 5) is 5.96. The van der Waals surface area contributed by atoms with Gasteiger partial charge in [0.25, 0.3) is 0 Å². The maximum Gasteiger partial charge on any atom is 0.417 e. The third kappa shape index (κ3) is 4.09. The third-order valence-corrected chi connectivity index (χ3v) is 3.25. The Morgan fingerprint density at radius 3 is 2.68 bits per heavy atom. The van der Waals surface area contributed by atoms with Crippen LogP contribution < -0.4 is 4.74 Å². The number of aromatic nitrogens is 1. The second kappa shape index (κ2) is 5.77. The molecular weight excluding hydrogens is 257 g/mol. The molecule has 0 bridgehead atoms. The smallest absolute Gasteiger partial charge is 0.417 e. The first-order chi connectivity index (χ1) is 8.95. The highest BCUT2D eigenvalue weighted by atomic mass is 19.4. The van der Waals surface area contributed by atoms with E-state index in [0.29, 0.717) is 0 Å². The summed E-state index contributed by atoms with van der Waals surface area (Å²) in [6.07, 6.45) is -0.683. The lowest BCUT2D eigenvalue weighted by atomic mass is 10.1. The lowest BCUT2D eigenvalue weighted by Crippen LogP contribution is -2.21. The molecule has 1 saturated heterocycles. The topological polar surface area (TPSA) is 25.4 Å². The van der Waals surface area contributed by atoms with E-state index in [0.717, 1.165) is 44.6 Å². The van der Waals surface area contributed by atoms with Gasteiger partial charge in [-0.25, -0.2) is 4.98 Å². The molecule has 2 heterocycles. The van der Waals surface area contributed by atoms with Crippen molar-refractivity contribution in [2.45, 2.75) is 31.5 Å². The van der Waals surface area contributed by atoms with E-state index in [1.165, 1.54) is 6.07 Å². The van der Waals surface area contributed by atoms with Crippen molar-refractivity contribution in [1.29, 1.82) is 0 Å². The van der Waals surface area contributed by atoms with E-state index in [1.807, 2.05) is 0 Å². The van der Waals surface area contributed by atoms with Crippen molar-refractivity contribution in [2.24, 2.45) is 0 Å². The Labute approximate surface area is 110 Å². The summed E-state index contributed by atoms with van der Waals surface area (Å²) in [7, 11) is 2.05. The average Bonchev–Trinajstić information content (AvgIpc) is 2.54. The molecule has 1 aromatic heterocycles. The van der Waals surface area contributed by atoms with Crippen LogP contribution in [0.25, 0.3) is 0 Å². The molecule has 0 spiro atoms. The zero-order chi connectivity index (χ0) is 13.9. The Bertz CT molecular complexity index is 405. The van der Waals surface area contributed by atoms with Crippen LogP contribution in [-0.4, -0.2) is 36.1 Å². The first-order valence-electron chi connectivity index (χ1n) is 6.33. The Morgan fingerprint density at radius 1 is 1.26 bits per heavy atom. The number of nitrogens with zero attached hydrogens (tertiary/aromatic N) is 2. The van der Waals surface area contributed by atoms with E-state index in [4.69, 9.17) is 4.74 Å². The minimum Gasteiger partial charge on any atom is -0.474 e. The van der Waals surface area contributed by atoms with Gasteiger partial charge in [-0.15, -0.1) is 0 Å². The standard InChI is InChI=1S/C13H17F3N2O/c1-18-7-2-3-11(6-8-18)19-12-5-4-10(9-17-12)13(14,15)16/h4-5,9,11H,2-3,6-8H2,1H3/t11-/m1/s1. The molecule has 1 aliphatic heterocycles. The van der Waals surface area contributed by atoms with Gasteiger partial charge in [0, 0.05) is 18.8 Å². The fourth-order valence-corrected chi connectivity index (χ4v) is 2.12. The van der Waals surface area contributed by atoms with Crippen LogP contribution in [0.2, 0.25) is 0 Å². The zero-order valence-electron chi connectivity index (χ0n) is 10.8. The van der Waals surface area contributed by atoms with Crippen LogP contribution in [-0.2, 0) is 6.18 Å². The fourth-order valence-electron chi connectivity index (χ4n) is 2.12. The zero-order valence-corrected chi connectivity index (χ0v) is 10.8. The van der Waals surface area contributed by atoms with E-state index in [1.54, 1.807) is 0 Å². The molecule has 3 nitrogen and oxygen atoms in total. The van der Waals surface area contributed by atoms with Gasteiger partial charge in [0.1, 0.15) is 6.10 Å². The number of hydrogen-bond donors (Lipinski definition) is 0. The number of pyridine rings is 1. The van der Waals surface area contributed by atoms with Gasteiger partial charge in [-0.1, -0.05) is 0 Å². The van der Waals surface area contributed by atoms with Gasteiger partial charge in [0.15, 0.2) is 0 Å². The highest BCUT2D eigenvalue weighted by Crippen LogP contribution is 2.29. The normalized spacial score (nSPS) is 22.0. The van der Waals surface area contributed by atoms with Crippen LogP contribution in [0.5, 0.6) is 5.88 Å². The first kappa shape index (κ1) is 14.1. The van der Waals surface area contributed by atoms with Crippen LogP contribution in [0.4, 0.5) is 13.2 Å². The Hall–Kier alpha value is -1.30. The average molecular weight is 274 g/mol. The quantitative estimate of drug-likeness (QED) is 0.829. The van der Waals surface area contributed by atoms with E-state index in [-0.39, 0.29) is 12.0 Å². The number of halogens is 3. The molecule has 1 atom stereocenters. The highest BCUT2D eigenvalue weighted by molar-refractivity contribution is 5.20. The molecule has 0 unspecified atom stereocenters. The van der Waals surface area contributed by atoms with E-state index in [2.05, 4.69) is 16.9 Å². The van der Waals surface area contributed by atoms with Crippen molar-refractivity contribution in [2.75, 3.05) is 20.1 Å². The second-order valence-electron chi connectivity index (χ2n) is 4.86. The van der Waals surface area contributed by atoms with E-state index >= 15 is 0 Å². The minimum absolute atomic E-state index is 0.0363. The predicted molar refractivity (Wildman–Crippen MR) is 65.0 cm³/mol. The number of rotatable bonds is 2. The molecule has 0 saturated carbocycles. The van der Waals surface area contributed by atoms with Crippen molar-refractivity contribution < 1.29 is 17.9 Å². The third-order valence-electron chi connectivity index (χ3n) is 3.25. The number of likely N-dealkylation sites (tertiary alicyclic amines) is 1. The molecular formula is C13H17F3N2O. The Balaban J connectivity index is 1.96. The van der Waals surface area contributed by atoms with Gasteiger partial charge in [0.2, 0.25) is 5.88 Å². The molecule has 2 rings (SSSR count). The molecule has 0 aromatic carbocycles. The molecule has 106 valence electrons. The number of alkyl halides is 3. The summed E-state index contributed by atoms with van der Waals surface area (Å²) in [6.45, 7) is 1.96. The van der Waals surface area contributed by atoms with Crippen LogP contribution >= 0.6 is 0 Å². The maximum absolute atomic E-state index is 12.4. The van der Waals surface area contributed by atoms with E-state index < -0.39 is 11.7 Å². The minimum atomic E-state index is -4.35. The van der Waals surface area contributed by atoms with Crippen molar-refractivity contribution in [3.63, 3.8) is 0 Å². The van der Waals surface area contributed by atoms with Crippen molar-refractivity contribution >= 4 is 0 Å². The van der Waals surface area contributed by atoms with Gasteiger partial charge >= 0.3 is 6.18 Å². The van der Waals surface area contributed by atoms with Crippen LogP contribution in [0, 0.1) is 0 Å². The summed E-state index contributed by atoms with van der Waals surface area (Å²) in [5.41, 5.74) is -0.750. The maximum atomic E-state index is 12.4. The molecule has 1 fully saturated rings. The number of ether oxygens (including phenoxy) is 1. The summed E-state index contributed by atoms with van der Waals surface area (Å²) in [5, 5.41) is 0. The van der Waals surface area contributed by atoms with Gasteiger partial charge in [-0.2, -0.15) is 13.2 Å². The fraction of sp³-hybridized carbons (Fsp3) is 0.615. The van der Waals surface area contributed by atoms with E-state index in [9.17, 15) is 13.2 Å². The lowest BCUT2D eigenvalue weighted by molar-refractivity contribution is -0.137. The number of hydrogen-bond acceptors (Lipinski definition) is 3. The SMILES string of the molecule is CN1CCC[C@@H](Oc2ccc(C(F)(F)F)cn2)CC1. The van der Waals surface area contributed by atoms with Crippen molar-refractivity contribution in [3.05, 3.63) is 23.9 Å². The largest absolute Gasteiger partial charge is 0.474 e. The summed E-state index contributed by atoms with van der Waals surface area (Å²) < 4.78 is 42.8. The highest BCUT2D eigenvalue weighted by Gasteiger charge is 2.30. The molecule has 1 aliphatic rings. The monoisotopic (exact) mass is 274 g/mol. The lowest BCUT2D eigenvalue weighted by Gasteiger charge is -2.17. The molecule has 0 aliphatic carbocycles. The first-order valence-corrected chi connectivity index (χ1v) is 6.33. The second-order valence-corrected chi connectivity index (χ2v) is 4.86. The Morgan fingerprint density at radius 2 is 2.05 bits per heavy atom. The molecule has 6 heteroatoms. The summed E-state index contributed by atoms with van der Waals surface area (Å²) >= 11 is 0. The van der Waals surface area contributed by atoms with Crippen molar-refractivity contribution in [1.82, 2.24) is 9.88 Å². The predicted octanol–water partition coefficient (Wildman–Crippen LogP) is 2.96. The van der Waals surface area contributed by atoms with Crippen LogP contribution in [0.15, 0.2) is 18.3 Å². The van der Waals surface area contributed by atoms with Gasteiger partial charge in [-0.05, 0) is 38.9 Å². The molecule has 0 N–H and O–H groups in total. The van der Waals surface area contributed by atoms with Crippen LogP contribution in [0.3, 0.4) is 0 Å².